The van der Waals surface area contributed by atoms with Crippen LogP contribution in [-0.2, 0) is 9.59 Å². The van der Waals surface area contributed by atoms with E-state index in [1.165, 1.54) is 63.3 Å². The van der Waals surface area contributed by atoms with Crippen LogP contribution in [0.15, 0.2) is 47.8 Å². The Labute approximate surface area is 270 Å². The molecule has 2 fully saturated rings. The molecule has 1 aliphatic carbocycles. The third-order valence-electron chi connectivity index (χ3n) is 5.79. The molecule has 0 aromatic heterocycles. The van der Waals surface area contributed by atoms with Gasteiger partial charge in [0, 0.05) is 31.6 Å². The molecule has 0 radical (unpaired) electrons. The fraction of sp³-hybridized carbons (Fsp3) is 0.588. The summed E-state index contributed by atoms with van der Waals surface area (Å²) in [7, 11) is 0. The van der Waals surface area contributed by atoms with Crippen molar-refractivity contribution in [2.75, 3.05) is 25.0 Å². The minimum Gasteiger partial charge on any atom is -0.359 e. The van der Waals surface area contributed by atoms with Crippen molar-refractivity contribution in [3.63, 3.8) is 0 Å². The molecule has 3 rings (SSSR count). The van der Waals surface area contributed by atoms with Crippen LogP contribution in [-0.4, -0.2) is 32.0 Å². The van der Waals surface area contributed by atoms with Gasteiger partial charge in [-0.2, -0.15) is 0 Å². The van der Waals surface area contributed by atoms with Gasteiger partial charge in [0.2, 0.25) is 12.3 Å². The average molecular weight is 647 g/mol. The Morgan fingerprint density at radius 2 is 1.65 bits per heavy atom. The van der Waals surface area contributed by atoms with Crippen LogP contribution in [0, 0.1) is 17.2 Å². The minimum atomic E-state index is -0.555. The van der Waals surface area contributed by atoms with Crippen molar-refractivity contribution in [1.29, 1.82) is 0 Å². The van der Waals surface area contributed by atoms with Crippen molar-refractivity contribution in [2.24, 2.45) is 11.3 Å². The van der Waals surface area contributed by atoms with Crippen LogP contribution >= 0.6 is 23.2 Å². The number of hydrogen-bond acceptors (Lipinski definition) is 3. The van der Waals surface area contributed by atoms with E-state index < -0.39 is 11.6 Å². The van der Waals surface area contributed by atoms with Crippen molar-refractivity contribution in [3.05, 3.63) is 64.2 Å². The van der Waals surface area contributed by atoms with Gasteiger partial charge in [-0.3, -0.25) is 9.59 Å². The molecule has 43 heavy (non-hydrogen) atoms. The molecular weight excluding hydrogens is 591 g/mol. The normalized spacial score (nSPS) is 17.8. The highest BCUT2D eigenvalue weighted by atomic mass is 35.5. The topological polar surface area (TPSA) is 70.2 Å². The molecule has 1 aromatic carbocycles. The summed E-state index contributed by atoms with van der Waals surface area (Å²) < 4.78 is 27.7. The van der Waals surface area contributed by atoms with Crippen LogP contribution in [0.25, 0.3) is 0 Å². The van der Waals surface area contributed by atoms with Crippen molar-refractivity contribution in [2.45, 2.75) is 99.8 Å². The summed E-state index contributed by atoms with van der Waals surface area (Å²) in [4.78, 5) is 20.7. The molecule has 3 N–H and O–H groups in total. The van der Waals surface area contributed by atoms with Gasteiger partial charge in [-0.05, 0) is 61.1 Å². The number of anilines is 1. The van der Waals surface area contributed by atoms with Gasteiger partial charge in [0.25, 0.3) is 0 Å². The molecule has 0 unspecified atom stereocenters. The molecule has 2 aliphatic rings. The Hall–Kier alpha value is -2.22. The van der Waals surface area contributed by atoms with Crippen LogP contribution < -0.4 is 16.0 Å². The fourth-order valence-electron chi connectivity index (χ4n) is 4.00. The van der Waals surface area contributed by atoms with Gasteiger partial charge in [-0.1, -0.05) is 110 Å². The van der Waals surface area contributed by atoms with E-state index in [-0.39, 0.29) is 27.8 Å². The Balaban J connectivity index is 0. The third kappa shape index (κ3) is 22.0. The van der Waals surface area contributed by atoms with Gasteiger partial charge in [-0.25, -0.2) is 8.78 Å². The van der Waals surface area contributed by atoms with Crippen molar-refractivity contribution >= 4 is 41.2 Å². The number of allylic oxidation sites excluding steroid dienone is 5. The summed E-state index contributed by atoms with van der Waals surface area (Å²) in [5.74, 6) is -1.29. The molecule has 1 saturated heterocycles. The van der Waals surface area contributed by atoms with E-state index in [4.69, 9.17) is 23.2 Å². The molecule has 1 aromatic rings. The average Bonchev–Trinajstić information content (AvgIpc) is 3.67. The first kappa shape index (κ1) is 42.9. The van der Waals surface area contributed by atoms with E-state index in [9.17, 15) is 18.4 Å². The van der Waals surface area contributed by atoms with E-state index in [1.54, 1.807) is 6.08 Å². The first-order valence-electron chi connectivity index (χ1n) is 15.2. The summed E-state index contributed by atoms with van der Waals surface area (Å²) in [6.45, 7) is 21.5. The molecule has 1 aliphatic heterocycles. The Morgan fingerprint density at radius 1 is 1.12 bits per heavy atom. The number of hydrogen-bond donors (Lipinski definition) is 3. The zero-order valence-corrected chi connectivity index (χ0v) is 29.0. The maximum absolute atomic E-state index is 14.0. The van der Waals surface area contributed by atoms with Gasteiger partial charge in [0.15, 0.2) is 0 Å². The third-order valence-corrected chi connectivity index (χ3v) is 6.41. The van der Waals surface area contributed by atoms with E-state index in [1.807, 2.05) is 20.8 Å². The lowest BCUT2D eigenvalue weighted by atomic mass is 9.85. The highest BCUT2D eigenvalue weighted by Gasteiger charge is 2.30. The Kier molecular flexibility index (Phi) is 25.1. The second-order valence-electron chi connectivity index (χ2n) is 11.5. The lowest BCUT2D eigenvalue weighted by molar-refractivity contribution is -0.114. The highest BCUT2D eigenvalue weighted by molar-refractivity contribution is 6.31. The quantitative estimate of drug-likeness (QED) is 0.195. The second kappa shape index (κ2) is 25.1. The predicted octanol–water partition coefficient (Wildman–Crippen LogP) is 10.1. The maximum Gasteiger partial charge on any atom is 0.221 e. The number of nitrogens with one attached hydrogen (secondary N) is 3. The lowest BCUT2D eigenvalue weighted by Gasteiger charge is -2.21. The van der Waals surface area contributed by atoms with Crippen LogP contribution in [0.2, 0.25) is 5.02 Å². The van der Waals surface area contributed by atoms with E-state index >= 15 is 0 Å². The van der Waals surface area contributed by atoms with Crippen LogP contribution in [0.4, 0.5) is 14.5 Å². The van der Waals surface area contributed by atoms with Crippen molar-refractivity contribution < 1.29 is 18.4 Å². The lowest BCUT2D eigenvalue weighted by Crippen LogP contribution is -2.15. The fourth-order valence-corrected chi connectivity index (χ4v) is 4.23. The van der Waals surface area contributed by atoms with E-state index in [2.05, 4.69) is 50.2 Å². The largest absolute Gasteiger partial charge is 0.359 e. The summed E-state index contributed by atoms with van der Waals surface area (Å²) in [6, 6.07) is 2.78. The van der Waals surface area contributed by atoms with Gasteiger partial charge < -0.3 is 16.0 Å². The zero-order valence-electron chi connectivity index (χ0n) is 27.5. The second-order valence-corrected chi connectivity index (χ2v) is 12.4. The molecule has 2 atom stereocenters. The molecule has 1 heterocycles. The molecule has 246 valence electrons. The molecule has 0 spiro atoms. The van der Waals surface area contributed by atoms with Crippen LogP contribution in [0.3, 0.4) is 0 Å². The van der Waals surface area contributed by atoms with Gasteiger partial charge in [-0.15, -0.1) is 0 Å². The zero-order chi connectivity index (χ0) is 33.4. The van der Waals surface area contributed by atoms with Crippen molar-refractivity contribution in [1.82, 2.24) is 10.6 Å². The van der Waals surface area contributed by atoms with E-state index in [0.717, 1.165) is 6.54 Å². The predicted molar refractivity (Wildman–Crippen MR) is 182 cm³/mol. The molecule has 9 heteroatoms. The van der Waals surface area contributed by atoms with Gasteiger partial charge in [0.05, 0.1) is 10.1 Å². The molecule has 2 amide bonds. The monoisotopic (exact) mass is 645 g/mol. The standard InChI is InChI=1S/C19H20Cl2F2N2O.C5H10.C5H12.C3H7NO.C2H6/c1-3-15(20)17(22)6-4-5-12-9-24-10-14(12)13-7-18(23)16(21)8-19(13)25-11(2)26;1-2-4-5-3-1;1-5(2,3)4;1-2-4-3-5;1-2/h3-4,6-8,12,14,24H,1,5,9-10H2,2H3,(H,25,26);1-5H2;1-4H3;3H,2H2,1H3,(H,4,5);1-2H3/b6-4-,17-15-;;;;/t12-,14+;;;;/m0..../s1. The number of benzene rings is 1. The summed E-state index contributed by atoms with van der Waals surface area (Å²) in [6.07, 6.45) is 13.0. The van der Waals surface area contributed by atoms with Crippen LogP contribution in [0.5, 0.6) is 0 Å². The van der Waals surface area contributed by atoms with Gasteiger partial charge in [0.1, 0.15) is 11.6 Å². The molecule has 5 nitrogen and oxygen atoms in total. The molecule has 0 bridgehead atoms. The maximum atomic E-state index is 14.0. The van der Waals surface area contributed by atoms with Gasteiger partial charge >= 0.3 is 0 Å². The minimum absolute atomic E-state index is 0.0461. The number of carbonyl (C=O) groups excluding carboxylic acids is 2. The van der Waals surface area contributed by atoms with Crippen LogP contribution in [0.1, 0.15) is 105 Å². The molecule has 1 saturated carbocycles. The first-order chi connectivity index (χ1) is 20.2. The summed E-state index contributed by atoms with van der Waals surface area (Å²) >= 11 is 11.5. The highest BCUT2D eigenvalue weighted by Crippen LogP contribution is 2.37. The summed E-state index contributed by atoms with van der Waals surface area (Å²) in [5.41, 5.74) is 1.66. The smallest absolute Gasteiger partial charge is 0.221 e. The Morgan fingerprint density at radius 3 is 2.07 bits per heavy atom. The molecular formula is C34H55Cl2F2N3O2. The summed E-state index contributed by atoms with van der Waals surface area (Å²) in [5, 5.41) is 8.30. The SMILES string of the molecule is C1CCCC1.C=C/C(Cl)=C(F)\C=C/C[C@H]1CNC[C@H]1c1cc(F)c(Cl)cc1NC(C)=O.CC.CC(C)(C)C.CCNC=O. The number of carbonyl (C=O) groups is 2. The number of halogens is 4. The van der Waals surface area contributed by atoms with E-state index in [0.29, 0.717) is 42.6 Å². The van der Waals surface area contributed by atoms with Crippen molar-refractivity contribution in [3.8, 4) is 0 Å². The first-order valence-corrected chi connectivity index (χ1v) is 16.0. The number of rotatable bonds is 8. The number of amides is 2. The Bertz CT molecular complexity index is 990.